The van der Waals surface area contributed by atoms with Crippen LogP contribution in [0.3, 0.4) is 0 Å². The van der Waals surface area contributed by atoms with Crippen LogP contribution < -0.4 is 0 Å². The first kappa shape index (κ1) is 15.4. The summed E-state index contributed by atoms with van der Waals surface area (Å²) < 4.78 is 6.10. The maximum absolute atomic E-state index is 9.35. The molecule has 0 aromatic carbocycles. The van der Waals surface area contributed by atoms with Crippen molar-refractivity contribution < 1.29 is 9.84 Å². The van der Waals surface area contributed by atoms with Gasteiger partial charge in [-0.2, -0.15) is 0 Å². The standard InChI is InChI=1S/C16H26N2O2/c1-5-20-16(8-6-15(3,4)7-9-16)14-17-12(2)10-13(11-19)18-14/h10,19H,5-9,11H2,1-4H3. The Labute approximate surface area is 121 Å². The lowest BCUT2D eigenvalue weighted by Gasteiger charge is -2.42. The van der Waals surface area contributed by atoms with Crippen LogP contribution in [0.2, 0.25) is 0 Å². The Bertz CT molecular complexity index is 462. The molecule has 1 aromatic rings. The third-order valence-electron chi connectivity index (χ3n) is 4.31. The van der Waals surface area contributed by atoms with Gasteiger partial charge in [0.2, 0.25) is 0 Å². The summed E-state index contributed by atoms with van der Waals surface area (Å²) in [5.74, 6) is 0.749. The molecule has 0 radical (unpaired) electrons. The number of ether oxygens (including phenoxy) is 1. The average molecular weight is 278 g/mol. The highest BCUT2D eigenvalue weighted by atomic mass is 16.5. The van der Waals surface area contributed by atoms with Crippen molar-refractivity contribution in [2.75, 3.05) is 6.61 Å². The lowest BCUT2D eigenvalue weighted by molar-refractivity contribution is -0.0950. The predicted octanol–water partition coefficient (Wildman–Crippen LogP) is 3.11. The Morgan fingerprint density at radius 2 is 1.85 bits per heavy atom. The van der Waals surface area contributed by atoms with E-state index in [1.165, 1.54) is 0 Å². The normalized spacial score (nSPS) is 20.9. The summed E-state index contributed by atoms with van der Waals surface area (Å²) in [7, 11) is 0. The van der Waals surface area contributed by atoms with Crippen LogP contribution in [0.15, 0.2) is 6.07 Å². The van der Waals surface area contributed by atoms with Crippen LogP contribution >= 0.6 is 0 Å². The largest absolute Gasteiger partial charge is 0.390 e. The van der Waals surface area contributed by atoms with E-state index in [0.717, 1.165) is 37.2 Å². The van der Waals surface area contributed by atoms with Gasteiger partial charge in [-0.15, -0.1) is 0 Å². The molecule has 0 amide bonds. The molecule has 0 unspecified atom stereocenters. The molecule has 1 N–H and O–H groups in total. The molecule has 1 saturated carbocycles. The van der Waals surface area contributed by atoms with Crippen LogP contribution in [-0.2, 0) is 16.9 Å². The molecular weight excluding hydrogens is 252 g/mol. The number of hydrogen-bond acceptors (Lipinski definition) is 4. The van der Waals surface area contributed by atoms with Crippen LogP contribution in [0.25, 0.3) is 0 Å². The second kappa shape index (κ2) is 5.78. The number of aliphatic hydroxyl groups is 1. The Kier molecular flexibility index (Phi) is 4.45. The third-order valence-corrected chi connectivity index (χ3v) is 4.31. The molecule has 1 aliphatic carbocycles. The maximum Gasteiger partial charge on any atom is 0.160 e. The summed E-state index contributed by atoms with van der Waals surface area (Å²) in [5.41, 5.74) is 1.56. The minimum Gasteiger partial charge on any atom is -0.390 e. The van der Waals surface area contributed by atoms with Crippen molar-refractivity contribution >= 4 is 0 Å². The lowest BCUT2D eigenvalue weighted by atomic mass is 9.70. The van der Waals surface area contributed by atoms with Gasteiger partial charge in [0.05, 0.1) is 12.3 Å². The van der Waals surface area contributed by atoms with Crippen molar-refractivity contribution in [1.29, 1.82) is 0 Å². The van der Waals surface area contributed by atoms with E-state index in [1.54, 1.807) is 0 Å². The zero-order valence-corrected chi connectivity index (χ0v) is 13.1. The number of nitrogens with zero attached hydrogens (tertiary/aromatic N) is 2. The maximum atomic E-state index is 9.35. The summed E-state index contributed by atoms with van der Waals surface area (Å²) in [6.45, 7) is 9.18. The zero-order chi connectivity index (χ0) is 14.8. The fourth-order valence-electron chi connectivity index (χ4n) is 2.96. The van der Waals surface area contributed by atoms with E-state index in [2.05, 4.69) is 23.8 Å². The summed E-state index contributed by atoms with van der Waals surface area (Å²) in [4.78, 5) is 9.12. The van der Waals surface area contributed by atoms with Crippen molar-refractivity contribution in [1.82, 2.24) is 9.97 Å². The van der Waals surface area contributed by atoms with E-state index in [0.29, 0.717) is 17.7 Å². The van der Waals surface area contributed by atoms with Crippen LogP contribution in [-0.4, -0.2) is 21.7 Å². The minimum absolute atomic E-state index is 0.0515. The number of aliphatic hydroxyl groups excluding tert-OH is 1. The summed E-state index contributed by atoms with van der Waals surface area (Å²) in [6, 6.07) is 1.83. The average Bonchev–Trinajstić information content (AvgIpc) is 2.41. The topological polar surface area (TPSA) is 55.2 Å². The fraction of sp³-hybridized carbons (Fsp3) is 0.750. The lowest BCUT2D eigenvalue weighted by Crippen LogP contribution is -2.39. The molecule has 1 aromatic heterocycles. The molecule has 112 valence electrons. The van der Waals surface area contributed by atoms with Crippen molar-refractivity contribution in [2.24, 2.45) is 5.41 Å². The Morgan fingerprint density at radius 3 is 2.40 bits per heavy atom. The Hall–Kier alpha value is -1.00. The highest BCUT2D eigenvalue weighted by Crippen LogP contribution is 2.46. The molecule has 1 aliphatic rings. The molecule has 4 heteroatoms. The van der Waals surface area contributed by atoms with E-state index in [9.17, 15) is 5.11 Å². The molecule has 2 rings (SSSR count). The fourth-order valence-corrected chi connectivity index (χ4v) is 2.96. The first-order chi connectivity index (χ1) is 9.41. The molecule has 4 nitrogen and oxygen atoms in total. The number of rotatable bonds is 4. The number of aryl methyl sites for hydroxylation is 1. The monoisotopic (exact) mass is 278 g/mol. The molecule has 1 fully saturated rings. The molecule has 1 heterocycles. The summed E-state index contributed by atoms with van der Waals surface area (Å²) >= 11 is 0. The van der Waals surface area contributed by atoms with Gasteiger partial charge in [0.15, 0.2) is 5.82 Å². The van der Waals surface area contributed by atoms with Gasteiger partial charge in [0.25, 0.3) is 0 Å². The van der Waals surface area contributed by atoms with Crippen LogP contribution in [0, 0.1) is 12.3 Å². The third kappa shape index (κ3) is 3.18. The number of hydrogen-bond donors (Lipinski definition) is 1. The summed E-state index contributed by atoms with van der Waals surface area (Å²) in [6.07, 6.45) is 4.11. The van der Waals surface area contributed by atoms with Gasteiger partial charge in [0.1, 0.15) is 5.60 Å². The van der Waals surface area contributed by atoms with E-state index >= 15 is 0 Å². The van der Waals surface area contributed by atoms with E-state index in [4.69, 9.17) is 4.74 Å². The Balaban J connectivity index is 2.36. The molecule has 0 saturated heterocycles. The van der Waals surface area contributed by atoms with Gasteiger partial charge in [0, 0.05) is 12.3 Å². The first-order valence-corrected chi connectivity index (χ1v) is 7.51. The van der Waals surface area contributed by atoms with Crippen LogP contribution in [0.4, 0.5) is 0 Å². The molecule has 20 heavy (non-hydrogen) atoms. The molecule has 0 atom stereocenters. The zero-order valence-electron chi connectivity index (χ0n) is 13.1. The quantitative estimate of drug-likeness (QED) is 0.919. The van der Waals surface area contributed by atoms with Crippen molar-refractivity contribution in [3.63, 3.8) is 0 Å². The van der Waals surface area contributed by atoms with Crippen LogP contribution in [0.1, 0.15) is 63.7 Å². The SMILES string of the molecule is CCOC1(c2nc(C)cc(CO)n2)CCC(C)(C)CC1. The number of aromatic nitrogens is 2. The van der Waals surface area contributed by atoms with Crippen molar-refractivity contribution in [2.45, 2.75) is 65.6 Å². The molecule has 0 aliphatic heterocycles. The van der Waals surface area contributed by atoms with Gasteiger partial charge in [-0.05, 0) is 51.0 Å². The van der Waals surface area contributed by atoms with Crippen LogP contribution in [0.5, 0.6) is 0 Å². The van der Waals surface area contributed by atoms with Crippen molar-refractivity contribution in [3.8, 4) is 0 Å². The summed E-state index contributed by atoms with van der Waals surface area (Å²) in [5, 5.41) is 9.35. The second-order valence-corrected chi connectivity index (χ2v) is 6.57. The van der Waals surface area contributed by atoms with Gasteiger partial charge in [-0.1, -0.05) is 13.8 Å². The minimum atomic E-state index is -0.375. The first-order valence-electron chi connectivity index (χ1n) is 7.51. The van der Waals surface area contributed by atoms with E-state index < -0.39 is 0 Å². The van der Waals surface area contributed by atoms with E-state index in [1.807, 2.05) is 19.9 Å². The smallest absolute Gasteiger partial charge is 0.160 e. The second-order valence-electron chi connectivity index (χ2n) is 6.57. The molecule has 0 bridgehead atoms. The molecule has 0 spiro atoms. The van der Waals surface area contributed by atoms with Crippen molar-refractivity contribution in [3.05, 3.63) is 23.3 Å². The van der Waals surface area contributed by atoms with Gasteiger partial charge in [-0.25, -0.2) is 9.97 Å². The van der Waals surface area contributed by atoms with Gasteiger partial charge < -0.3 is 9.84 Å². The predicted molar refractivity (Wildman–Crippen MR) is 78.2 cm³/mol. The highest BCUT2D eigenvalue weighted by molar-refractivity contribution is 5.15. The molecular formula is C16H26N2O2. The Morgan fingerprint density at radius 1 is 1.20 bits per heavy atom. The van der Waals surface area contributed by atoms with Gasteiger partial charge in [-0.3, -0.25) is 0 Å². The highest BCUT2D eigenvalue weighted by Gasteiger charge is 2.42. The van der Waals surface area contributed by atoms with E-state index in [-0.39, 0.29) is 12.2 Å². The van der Waals surface area contributed by atoms with Gasteiger partial charge >= 0.3 is 0 Å².